The van der Waals surface area contributed by atoms with Crippen LogP contribution in [0.1, 0.15) is 30.1 Å². The molecule has 3 rings (SSSR count). The van der Waals surface area contributed by atoms with Crippen LogP contribution in [0.25, 0.3) is 5.65 Å². The first-order valence-electron chi connectivity index (χ1n) is 5.29. The number of fused-ring (bicyclic) bond motifs is 1. The fourth-order valence-electron chi connectivity index (χ4n) is 1.64. The van der Waals surface area contributed by atoms with Crippen LogP contribution in [0.15, 0.2) is 24.7 Å². The van der Waals surface area contributed by atoms with Gasteiger partial charge in [-0.05, 0) is 25.8 Å². The molecule has 2 aromatic rings. The first-order valence-corrected chi connectivity index (χ1v) is 5.29. The van der Waals surface area contributed by atoms with Gasteiger partial charge in [-0.2, -0.15) is 5.10 Å². The van der Waals surface area contributed by atoms with Gasteiger partial charge in [-0.15, -0.1) is 0 Å². The van der Waals surface area contributed by atoms with E-state index in [-0.39, 0.29) is 11.4 Å². The van der Waals surface area contributed by atoms with E-state index in [4.69, 9.17) is 0 Å². The van der Waals surface area contributed by atoms with Crippen molar-refractivity contribution in [3.8, 4) is 0 Å². The summed E-state index contributed by atoms with van der Waals surface area (Å²) in [4.78, 5) is 16.1. The number of carbonyl (C=O) groups is 1. The third-order valence-corrected chi connectivity index (χ3v) is 2.94. The number of nitrogens with one attached hydrogen (secondary N) is 1. The molecule has 5 heteroatoms. The van der Waals surface area contributed by atoms with Crippen LogP contribution in [0.5, 0.6) is 0 Å². The minimum atomic E-state index is -0.0892. The van der Waals surface area contributed by atoms with Gasteiger partial charge in [0.05, 0.1) is 6.20 Å². The number of amides is 1. The number of carbonyl (C=O) groups excluding carboxylic acids is 1. The maximum atomic E-state index is 12.0. The molecule has 0 saturated heterocycles. The first kappa shape index (κ1) is 9.33. The fourth-order valence-corrected chi connectivity index (χ4v) is 1.64. The van der Waals surface area contributed by atoms with E-state index in [2.05, 4.69) is 15.4 Å². The van der Waals surface area contributed by atoms with Gasteiger partial charge < -0.3 is 5.32 Å². The van der Waals surface area contributed by atoms with E-state index in [1.165, 1.54) is 0 Å². The van der Waals surface area contributed by atoms with Crippen molar-refractivity contribution in [2.75, 3.05) is 0 Å². The van der Waals surface area contributed by atoms with Crippen LogP contribution in [-0.2, 0) is 0 Å². The predicted molar refractivity (Wildman–Crippen MR) is 58.1 cm³/mol. The molecule has 1 aliphatic carbocycles. The third kappa shape index (κ3) is 1.44. The second kappa shape index (κ2) is 3.04. The Labute approximate surface area is 92.5 Å². The molecule has 0 radical (unpaired) electrons. The number of rotatable bonds is 2. The summed E-state index contributed by atoms with van der Waals surface area (Å²) < 4.78 is 1.60. The summed E-state index contributed by atoms with van der Waals surface area (Å²) in [5.74, 6) is -0.0892. The summed E-state index contributed by atoms with van der Waals surface area (Å²) in [5, 5.41) is 7.08. The molecule has 1 fully saturated rings. The van der Waals surface area contributed by atoms with E-state index < -0.39 is 0 Å². The van der Waals surface area contributed by atoms with Crippen molar-refractivity contribution in [3.05, 3.63) is 30.2 Å². The van der Waals surface area contributed by atoms with Crippen LogP contribution in [0, 0.1) is 0 Å². The summed E-state index contributed by atoms with van der Waals surface area (Å²) in [6.07, 6.45) is 7.09. The average Bonchev–Trinajstić information content (AvgIpc) is 2.84. The van der Waals surface area contributed by atoms with Crippen molar-refractivity contribution < 1.29 is 4.79 Å². The molecule has 1 N–H and O–H groups in total. The standard InChI is InChI=1S/C11H12N4O/c1-11(3-4-11)14-10(16)8-7-13-15-6-2-5-12-9(8)15/h2,5-7H,3-4H2,1H3,(H,14,16). The zero-order valence-corrected chi connectivity index (χ0v) is 8.97. The zero-order valence-electron chi connectivity index (χ0n) is 8.97. The highest BCUT2D eigenvalue weighted by molar-refractivity contribution is 6.00. The monoisotopic (exact) mass is 216 g/mol. The molecular weight excluding hydrogens is 204 g/mol. The van der Waals surface area contributed by atoms with Crippen LogP contribution in [-0.4, -0.2) is 26.0 Å². The van der Waals surface area contributed by atoms with Crippen LogP contribution >= 0.6 is 0 Å². The maximum Gasteiger partial charge on any atom is 0.257 e. The van der Waals surface area contributed by atoms with E-state index >= 15 is 0 Å². The molecule has 1 amide bonds. The van der Waals surface area contributed by atoms with Gasteiger partial charge in [-0.3, -0.25) is 4.79 Å². The van der Waals surface area contributed by atoms with E-state index in [0.29, 0.717) is 11.2 Å². The molecule has 0 unspecified atom stereocenters. The normalized spacial score (nSPS) is 17.3. The Morgan fingerprint density at radius 1 is 1.56 bits per heavy atom. The molecule has 1 saturated carbocycles. The molecule has 0 spiro atoms. The van der Waals surface area contributed by atoms with Crippen molar-refractivity contribution in [3.63, 3.8) is 0 Å². The number of hydrogen-bond acceptors (Lipinski definition) is 3. The van der Waals surface area contributed by atoms with E-state index in [0.717, 1.165) is 12.8 Å². The maximum absolute atomic E-state index is 12.0. The second-order valence-corrected chi connectivity index (χ2v) is 4.46. The highest BCUT2D eigenvalue weighted by Gasteiger charge is 2.39. The molecule has 2 heterocycles. The van der Waals surface area contributed by atoms with Gasteiger partial charge in [0.2, 0.25) is 0 Å². The third-order valence-electron chi connectivity index (χ3n) is 2.94. The van der Waals surface area contributed by atoms with E-state index in [9.17, 15) is 4.79 Å². The van der Waals surface area contributed by atoms with E-state index in [1.54, 1.807) is 29.2 Å². The van der Waals surface area contributed by atoms with Crippen molar-refractivity contribution >= 4 is 11.6 Å². The summed E-state index contributed by atoms with van der Waals surface area (Å²) >= 11 is 0. The van der Waals surface area contributed by atoms with Gasteiger partial charge in [0.25, 0.3) is 5.91 Å². The van der Waals surface area contributed by atoms with Crippen molar-refractivity contribution in [1.29, 1.82) is 0 Å². The van der Waals surface area contributed by atoms with Crippen LogP contribution in [0.2, 0.25) is 0 Å². The van der Waals surface area contributed by atoms with Crippen molar-refractivity contribution in [1.82, 2.24) is 19.9 Å². The number of nitrogens with zero attached hydrogens (tertiary/aromatic N) is 3. The summed E-state index contributed by atoms with van der Waals surface area (Å²) in [7, 11) is 0. The zero-order chi connectivity index (χ0) is 11.2. The molecule has 0 bridgehead atoms. The Bertz CT molecular complexity index is 556. The fraction of sp³-hybridized carbons (Fsp3) is 0.364. The Balaban J connectivity index is 1.96. The Morgan fingerprint density at radius 3 is 3.12 bits per heavy atom. The van der Waals surface area contributed by atoms with Crippen LogP contribution in [0.4, 0.5) is 0 Å². The second-order valence-electron chi connectivity index (χ2n) is 4.46. The number of hydrogen-bond donors (Lipinski definition) is 1. The lowest BCUT2D eigenvalue weighted by atomic mass is 10.2. The highest BCUT2D eigenvalue weighted by atomic mass is 16.1. The highest BCUT2D eigenvalue weighted by Crippen LogP contribution is 2.34. The smallest absolute Gasteiger partial charge is 0.257 e. The van der Waals surface area contributed by atoms with Crippen LogP contribution in [0.3, 0.4) is 0 Å². The lowest BCUT2D eigenvalue weighted by Gasteiger charge is -2.09. The van der Waals surface area contributed by atoms with Crippen LogP contribution < -0.4 is 5.32 Å². The Hall–Kier alpha value is -1.91. The molecule has 82 valence electrons. The molecule has 0 aromatic carbocycles. The molecule has 5 nitrogen and oxygen atoms in total. The minimum Gasteiger partial charge on any atom is -0.347 e. The van der Waals surface area contributed by atoms with E-state index in [1.807, 2.05) is 6.92 Å². The average molecular weight is 216 g/mol. The van der Waals surface area contributed by atoms with Gasteiger partial charge in [0, 0.05) is 17.9 Å². The van der Waals surface area contributed by atoms with Gasteiger partial charge >= 0.3 is 0 Å². The molecule has 0 atom stereocenters. The molecular formula is C11H12N4O. The predicted octanol–water partition coefficient (Wildman–Crippen LogP) is 1.01. The largest absolute Gasteiger partial charge is 0.347 e. The lowest BCUT2D eigenvalue weighted by molar-refractivity contribution is 0.0937. The first-order chi connectivity index (χ1) is 7.68. The summed E-state index contributed by atoms with van der Waals surface area (Å²) in [5.41, 5.74) is 1.12. The molecule has 16 heavy (non-hydrogen) atoms. The van der Waals surface area contributed by atoms with Crippen molar-refractivity contribution in [2.24, 2.45) is 0 Å². The number of aromatic nitrogens is 3. The van der Waals surface area contributed by atoms with Gasteiger partial charge in [-0.1, -0.05) is 0 Å². The SMILES string of the molecule is CC1(NC(=O)c2cnn3cccnc23)CC1. The molecule has 2 aromatic heterocycles. The topological polar surface area (TPSA) is 59.3 Å². The minimum absolute atomic E-state index is 0.0138. The lowest BCUT2D eigenvalue weighted by Crippen LogP contribution is -2.34. The summed E-state index contributed by atoms with van der Waals surface area (Å²) in [6.45, 7) is 2.05. The van der Waals surface area contributed by atoms with Gasteiger partial charge in [0.15, 0.2) is 5.65 Å². The van der Waals surface area contributed by atoms with Gasteiger partial charge in [-0.25, -0.2) is 9.50 Å². The quantitative estimate of drug-likeness (QED) is 0.815. The van der Waals surface area contributed by atoms with Gasteiger partial charge in [0.1, 0.15) is 5.56 Å². The summed E-state index contributed by atoms with van der Waals surface area (Å²) in [6, 6.07) is 1.78. The molecule has 1 aliphatic rings. The Morgan fingerprint density at radius 2 is 2.38 bits per heavy atom. The molecule has 0 aliphatic heterocycles. The Kier molecular flexibility index (Phi) is 1.77. The van der Waals surface area contributed by atoms with Crippen molar-refractivity contribution in [2.45, 2.75) is 25.3 Å².